The first kappa shape index (κ1) is 14.7. The van der Waals surface area contributed by atoms with Crippen LogP contribution < -0.4 is 5.32 Å². The zero-order valence-corrected chi connectivity index (χ0v) is 12.5. The molecule has 0 atom stereocenters. The molecule has 5 heteroatoms. The average molecular weight is 274 g/mol. The van der Waals surface area contributed by atoms with E-state index in [1.165, 1.54) is 0 Å². The number of nitrogens with one attached hydrogen (secondary N) is 1. The lowest BCUT2D eigenvalue weighted by Gasteiger charge is -2.38. The first-order valence-electron chi connectivity index (χ1n) is 6.74. The largest absolute Gasteiger partial charge is 0.389 e. The first-order valence-corrected chi connectivity index (χ1v) is 6.74. The summed E-state index contributed by atoms with van der Waals surface area (Å²) < 4.78 is 0. The maximum atomic E-state index is 10.1. The Labute approximate surface area is 119 Å². The Morgan fingerprint density at radius 3 is 2.40 bits per heavy atom. The van der Waals surface area contributed by atoms with Crippen molar-refractivity contribution in [3.63, 3.8) is 0 Å². The van der Waals surface area contributed by atoms with E-state index in [1.807, 2.05) is 44.2 Å². The minimum Gasteiger partial charge on any atom is -0.389 e. The molecular formula is C15H22N4O. The average Bonchev–Trinajstić information content (AvgIpc) is 2.85. The van der Waals surface area contributed by atoms with Crippen LogP contribution in [0.2, 0.25) is 0 Å². The Morgan fingerprint density at radius 1 is 1.15 bits per heavy atom. The van der Waals surface area contributed by atoms with Crippen LogP contribution in [-0.2, 0) is 6.54 Å². The molecule has 1 heterocycles. The van der Waals surface area contributed by atoms with Crippen LogP contribution in [0.5, 0.6) is 0 Å². The molecule has 0 radical (unpaired) electrons. The first-order chi connectivity index (χ1) is 9.29. The summed E-state index contributed by atoms with van der Waals surface area (Å²) in [6.07, 6.45) is 1.74. The van der Waals surface area contributed by atoms with Crippen molar-refractivity contribution in [1.82, 2.24) is 20.3 Å². The maximum Gasteiger partial charge on any atom is 0.0969 e. The third-order valence-corrected chi connectivity index (χ3v) is 3.77. The van der Waals surface area contributed by atoms with Gasteiger partial charge in [-0.25, -0.2) is 0 Å². The van der Waals surface area contributed by atoms with Gasteiger partial charge in [-0.15, -0.1) is 0 Å². The van der Waals surface area contributed by atoms with Gasteiger partial charge in [0, 0.05) is 12.1 Å². The van der Waals surface area contributed by atoms with Gasteiger partial charge in [0.1, 0.15) is 0 Å². The van der Waals surface area contributed by atoms with E-state index < -0.39 is 11.1 Å². The lowest BCUT2D eigenvalue weighted by molar-refractivity contribution is -0.00546. The Hall–Kier alpha value is -1.72. The second-order valence-electron chi connectivity index (χ2n) is 6.00. The summed E-state index contributed by atoms with van der Waals surface area (Å²) >= 11 is 0. The highest BCUT2D eigenvalue weighted by atomic mass is 16.3. The van der Waals surface area contributed by atoms with Crippen molar-refractivity contribution in [2.45, 2.75) is 45.4 Å². The predicted octanol–water partition coefficient (Wildman–Crippen LogP) is 1.91. The standard InChI is InChI=1S/C15H22N4O/c1-14(2,15(3,4)20)16-10-12-11-17-19(18-12)13-8-6-5-7-9-13/h5-9,11,16,20H,10H2,1-4H3. The Kier molecular flexibility index (Phi) is 3.92. The molecule has 2 N–H and O–H groups in total. The van der Waals surface area contributed by atoms with E-state index in [-0.39, 0.29) is 0 Å². The number of rotatable bonds is 5. The van der Waals surface area contributed by atoms with Crippen molar-refractivity contribution in [2.24, 2.45) is 0 Å². The quantitative estimate of drug-likeness (QED) is 0.874. The van der Waals surface area contributed by atoms with E-state index in [9.17, 15) is 5.11 Å². The highest BCUT2D eigenvalue weighted by Gasteiger charge is 2.34. The molecule has 0 bridgehead atoms. The van der Waals surface area contributed by atoms with Gasteiger partial charge >= 0.3 is 0 Å². The predicted molar refractivity (Wildman–Crippen MR) is 78.6 cm³/mol. The van der Waals surface area contributed by atoms with Crippen LogP contribution in [-0.4, -0.2) is 31.2 Å². The Bertz CT molecular complexity index is 555. The van der Waals surface area contributed by atoms with Crippen LogP contribution in [0.25, 0.3) is 5.69 Å². The Balaban J connectivity index is 2.04. The van der Waals surface area contributed by atoms with Crippen molar-refractivity contribution in [3.8, 4) is 5.69 Å². The van der Waals surface area contributed by atoms with Gasteiger partial charge in [-0.1, -0.05) is 18.2 Å². The van der Waals surface area contributed by atoms with Gasteiger partial charge in [-0.05, 0) is 39.8 Å². The molecule has 0 saturated carbocycles. The van der Waals surface area contributed by atoms with Crippen LogP contribution in [0.3, 0.4) is 0 Å². The number of para-hydroxylation sites is 1. The smallest absolute Gasteiger partial charge is 0.0969 e. The summed E-state index contributed by atoms with van der Waals surface area (Å²) in [6.45, 7) is 8.08. The van der Waals surface area contributed by atoms with E-state index in [2.05, 4.69) is 15.5 Å². The molecule has 0 aliphatic carbocycles. The molecule has 0 unspecified atom stereocenters. The van der Waals surface area contributed by atoms with Crippen molar-refractivity contribution in [2.75, 3.05) is 0 Å². The minimum absolute atomic E-state index is 0.413. The van der Waals surface area contributed by atoms with Crippen molar-refractivity contribution < 1.29 is 5.11 Å². The van der Waals surface area contributed by atoms with Gasteiger partial charge in [0.05, 0.1) is 23.2 Å². The molecule has 20 heavy (non-hydrogen) atoms. The van der Waals surface area contributed by atoms with E-state index in [0.717, 1.165) is 11.4 Å². The second kappa shape index (κ2) is 5.34. The van der Waals surface area contributed by atoms with Crippen LogP contribution in [0.1, 0.15) is 33.4 Å². The van der Waals surface area contributed by atoms with Gasteiger partial charge < -0.3 is 10.4 Å². The Morgan fingerprint density at radius 2 is 1.80 bits per heavy atom. The number of benzene rings is 1. The monoisotopic (exact) mass is 274 g/mol. The minimum atomic E-state index is -0.817. The number of aromatic nitrogens is 3. The second-order valence-corrected chi connectivity index (χ2v) is 6.00. The van der Waals surface area contributed by atoms with E-state index in [4.69, 9.17) is 0 Å². The molecule has 0 aliphatic heterocycles. The summed E-state index contributed by atoms with van der Waals surface area (Å²) in [7, 11) is 0. The normalized spacial score (nSPS) is 12.7. The highest BCUT2D eigenvalue weighted by molar-refractivity contribution is 5.28. The number of hydrogen-bond acceptors (Lipinski definition) is 4. The van der Waals surface area contributed by atoms with Crippen LogP contribution in [0.4, 0.5) is 0 Å². The number of nitrogens with zero attached hydrogens (tertiary/aromatic N) is 3. The number of aliphatic hydroxyl groups is 1. The molecule has 0 amide bonds. The fourth-order valence-corrected chi connectivity index (χ4v) is 1.59. The zero-order valence-electron chi connectivity index (χ0n) is 12.5. The van der Waals surface area contributed by atoms with Crippen molar-refractivity contribution >= 4 is 0 Å². The summed E-state index contributed by atoms with van der Waals surface area (Å²) in [4.78, 5) is 1.61. The molecule has 2 rings (SSSR count). The molecule has 1 aromatic carbocycles. The van der Waals surface area contributed by atoms with E-state index in [1.54, 1.807) is 24.8 Å². The molecule has 2 aromatic rings. The van der Waals surface area contributed by atoms with E-state index in [0.29, 0.717) is 6.54 Å². The summed E-state index contributed by atoms with van der Waals surface area (Å²) in [5.74, 6) is 0. The zero-order chi connectivity index (χ0) is 14.8. The van der Waals surface area contributed by atoms with Gasteiger partial charge in [0.15, 0.2) is 0 Å². The third kappa shape index (κ3) is 3.23. The fraction of sp³-hybridized carbons (Fsp3) is 0.467. The van der Waals surface area contributed by atoms with E-state index >= 15 is 0 Å². The molecule has 0 fully saturated rings. The SMILES string of the molecule is CC(C)(O)C(C)(C)NCc1cnn(-c2ccccc2)n1. The molecule has 0 aliphatic rings. The maximum absolute atomic E-state index is 10.1. The van der Waals surface area contributed by atoms with Gasteiger partial charge in [-0.2, -0.15) is 15.0 Å². The molecule has 1 aromatic heterocycles. The lowest BCUT2D eigenvalue weighted by Crippen LogP contribution is -2.55. The third-order valence-electron chi connectivity index (χ3n) is 3.77. The number of hydrogen-bond donors (Lipinski definition) is 2. The van der Waals surface area contributed by atoms with Gasteiger partial charge in [0.25, 0.3) is 0 Å². The van der Waals surface area contributed by atoms with Crippen LogP contribution in [0, 0.1) is 0 Å². The molecule has 0 spiro atoms. The summed E-state index contributed by atoms with van der Waals surface area (Å²) in [5, 5.41) is 22.1. The summed E-state index contributed by atoms with van der Waals surface area (Å²) in [5.41, 5.74) is 0.540. The lowest BCUT2D eigenvalue weighted by atomic mass is 9.86. The fourth-order valence-electron chi connectivity index (χ4n) is 1.59. The molecule has 0 saturated heterocycles. The molecular weight excluding hydrogens is 252 g/mol. The van der Waals surface area contributed by atoms with Crippen LogP contribution >= 0.6 is 0 Å². The van der Waals surface area contributed by atoms with Crippen LogP contribution in [0.15, 0.2) is 36.5 Å². The molecule has 5 nitrogen and oxygen atoms in total. The summed E-state index contributed by atoms with van der Waals surface area (Å²) in [6, 6.07) is 9.78. The highest BCUT2D eigenvalue weighted by Crippen LogP contribution is 2.20. The topological polar surface area (TPSA) is 63.0 Å². The van der Waals surface area contributed by atoms with Gasteiger partial charge in [0.2, 0.25) is 0 Å². The molecule has 108 valence electrons. The van der Waals surface area contributed by atoms with Crippen molar-refractivity contribution in [3.05, 3.63) is 42.2 Å². The van der Waals surface area contributed by atoms with Crippen molar-refractivity contribution in [1.29, 1.82) is 0 Å². The van der Waals surface area contributed by atoms with Gasteiger partial charge in [-0.3, -0.25) is 0 Å².